The summed E-state index contributed by atoms with van der Waals surface area (Å²) in [5.74, 6) is -0.739. The van der Waals surface area contributed by atoms with Gasteiger partial charge in [-0.3, -0.25) is 19.3 Å². The molecule has 29 heavy (non-hydrogen) atoms. The molecule has 2 aromatic carbocycles. The van der Waals surface area contributed by atoms with Gasteiger partial charge >= 0.3 is 0 Å². The molecule has 1 N–H and O–H groups in total. The smallest absolute Gasteiger partial charge is 0.300 e. The molecular formula is C21H21BrN2O5. The van der Waals surface area contributed by atoms with Crippen molar-refractivity contribution >= 4 is 44.9 Å². The van der Waals surface area contributed by atoms with Crippen molar-refractivity contribution in [1.82, 2.24) is 0 Å². The van der Waals surface area contributed by atoms with Gasteiger partial charge in [-0.25, -0.2) is 0 Å². The monoisotopic (exact) mass is 460 g/mol. The molecule has 1 atom stereocenters. The maximum absolute atomic E-state index is 13.1. The highest BCUT2D eigenvalue weighted by Gasteiger charge is 2.43. The zero-order chi connectivity index (χ0) is 21.3. The third-order valence-electron chi connectivity index (χ3n) is 4.83. The number of Topliss-reactive ketones (excluding diaryl/α,β-unsaturated/α-hetero) is 1. The summed E-state index contributed by atoms with van der Waals surface area (Å²) in [5, 5.41) is 2.80. The minimum atomic E-state index is -0.858. The van der Waals surface area contributed by atoms with Crippen molar-refractivity contribution in [2.45, 2.75) is 26.3 Å². The summed E-state index contributed by atoms with van der Waals surface area (Å²) < 4.78 is 11.2. The Bertz CT molecular complexity index is 1000. The third-order valence-corrected chi connectivity index (χ3v) is 5.29. The van der Waals surface area contributed by atoms with Gasteiger partial charge in [0.2, 0.25) is 5.91 Å². The predicted molar refractivity (Wildman–Crippen MR) is 113 cm³/mol. The van der Waals surface area contributed by atoms with Crippen LogP contribution in [0.5, 0.6) is 11.5 Å². The molecule has 152 valence electrons. The highest BCUT2D eigenvalue weighted by molar-refractivity contribution is 9.10. The van der Waals surface area contributed by atoms with E-state index in [1.54, 1.807) is 38.1 Å². The van der Waals surface area contributed by atoms with Crippen molar-refractivity contribution in [3.63, 3.8) is 0 Å². The number of nitrogens with one attached hydrogen (secondary N) is 1. The first-order chi connectivity index (χ1) is 13.8. The fourth-order valence-electron chi connectivity index (χ4n) is 3.46. The van der Waals surface area contributed by atoms with Crippen molar-refractivity contribution < 1.29 is 23.9 Å². The van der Waals surface area contributed by atoms with E-state index >= 15 is 0 Å². The molecule has 1 heterocycles. The molecule has 2 amide bonds. The minimum absolute atomic E-state index is 0.298. The van der Waals surface area contributed by atoms with E-state index in [0.29, 0.717) is 39.3 Å². The number of hydrogen-bond donors (Lipinski definition) is 1. The molecule has 0 aromatic heterocycles. The van der Waals surface area contributed by atoms with Crippen LogP contribution in [0.3, 0.4) is 0 Å². The van der Waals surface area contributed by atoms with Crippen LogP contribution in [0.15, 0.2) is 34.8 Å². The molecule has 8 heteroatoms. The summed E-state index contributed by atoms with van der Waals surface area (Å²) in [6.07, 6.45) is 0.325. The predicted octanol–water partition coefficient (Wildman–Crippen LogP) is 3.72. The van der Waals surface area contributed by atoms with Crippen molar-refractivity contribution in [2.24, 2.45) is 0 Å². The lowest BCUT2D eigenvalue weighted by molar-refractivity contribution is -0.121. The molecule has 1 aliphatic heterocycles. The fourth-order valence-corrected chi connectivity index (χ4v) is 4.04. The molecule has 1 aliphatic rings. The number of ketones is 1. The van der Waals surface area contributed by atoms with Crippen LogP contribution < -0.4 is 19.7 Å². The summed E-state index contributed by atoms with van der Waals surface area (Å²) in [6.45, 7) is 3.59. The Labute approximate surface area is 177 Å². The van der Waals surface area contributed by atoms with Gasteiger partial charge in [-0.05, 0) is 43.2 Å². The Balaban J connectivity index is 1.98. The number of benzene rings is 2. The number of amides is 2. The second-order valence-corrected chi connectivity index (χ2v) is 7.52. The van der Waals surface area contributed by atoms with Gasteiger partial charge in [0.1, 0.15) is 17.5 Å². The summed E-state index contributed by atoms with van der Waals surface area (Å²) in [5.41, 5.74) is 1.93. The molecule has 2 aromatic rings. The molecule has 0 saturated heterocycles. The SMILES string of the molecule is CCC(C(=O)Nc1cc(OC)ccc1OC)N1C(=O)C(=O)c2cc(Br)cc(C)c21. The Kier molecular flexibility index (Phi) is 5.93. The van der Waals surface area contributed by atoms with Gasteiger partial charge in [-0.2, -0.15) is 0 Å². The lowest BCUT2D eigenvalue weighted by Crippen LogP contribution is -2.46. The molecule has 7 nitrogen and oxygen atoms in total. The molecule has 3 rings (SSSR count). The van der Waals surface area contributed by atoms with Gasteiger partial charge in [-0.1, -0.05) is 22.9 Å². The van der Waals surface area contributed by atoms with Crippen LogP contribution in [0.25, 0.3) is 0 Å². The summed E-state index contributed by atoms with van der Waals surface area (Å²) in [6, 6.07) is 7.59. The van der Waals surface area contributed by atoms with E-state index in [9.17, 15) is 14.4 Å². The normalized spacial score (nSPS) is 13.9. The fraction of sp³-hybridized carbons (Fsp3) is 0.286. The number of carbonyl (C=O) groups excluding carboxylic acids is 3. The maximum atomic E-state index is 13.1. The topological polar surface area (TPSA) is 84.9 Å². The Morgan fingerprint density at radius 3 is 2.52 bits per heavy atom. The van der Waals surface area contributed by atoms with Gasteiger partial charge in [0.15, 0.2) is 0 Å². The first-order valence-electron chi connectivity index (χ1n) is 9.03. The van der Waals surface area contributed by atoms with Crippen LogP contribution in [-0.2, 0) is 9.59 Å². The zero-order valence-corrected chi connectivity index (χ0v) is 18.1. The van der Waals surface area contributed by atoms with Crippen LogP contribution in [-0.4, -0.2) is 37.9 Å². The molecule has 0 spiro atoms. The first kappa shape index (κ1) is 20.9. The molecule has 0 radical (unpaired) electrons. The molecule has 0 aliphatic carbocycles. The quantitative estimate of drug-likeness (QED) is 0.663. The lowest BCUT2D eigenvalue weighted by Gasteiger charge is -2.27. The number of methoxy groups -OCH3 is 2. The molecular weight excluding hydrogens is 440 g/mol. The number of anilines is 2. The highest BCUT2D eigenvalue weighted by Crippen LogP contribution is 2.37. The summed E-state index contributed by atoms with van der Waals surface area (Å²) in [7, 11) is 3.02. The maximum Gasteiger partial charge on any atom is 0.300 e. The van der Waals surface area contributed by atoms with E-state index < -0.39 is 23.6 Å². The second kappa shape index (κ2) is 8.24. The van der Waals surface area contributed by atoms with Gasteiger partial charge < -0.3 is 14.8 Å². The molecule has 1 unspecified atom stereocenters. The number of halogens is 1. The number of fused-ring (bicyclic) bond motifs is 1. The van der Waals surface area contributed by atoms with Crippen molar-refractivity contribution in [3.8, 4) is 11.5 Å². The van der Waals surface area contributed by atoms with E-state index in [4.69, 9.17) is 9.47 Å². The number of hydrogen-bond acceptors (Lipinski definition) is 5. The van der Waals surface area contributed by atoms with E-state index in [0.717, 1.165) is 5.56 Å². The largest absolute Gasteiger partial charge is 0.497 e. The number of carbonyl (C=O) groups is 3. The van der Waals surface area contributed by atoms with Crippen molar-refractivity contribution in [3.05, 3.63) is 45.9 Å². The summed E-state index contributed by atoms with van der Waals surface area (Å²) >= 11 is 3.35. The van der Waals surface area contributed by atoms with Crippen LogP contribution in [0, 0.1) is 6.92 Å². The Morgan fingerprint density at radius 2 is 1.90 bits per heavy atom. The van der Waals surface area contributed by atoms with E-state index in [1.165, 1.54) is 19.1 Å². The number of ether oxygens (including phenoxy) is 2. The van der Waals surface area contributed by atoms with Gasteiger partial charge in [0, 0.05) is 10.5 Å². The van der Waals surface area contributed by atoms with Gasteiger partial charge in [-0.15, -0.1) is 0 Å². The first-order valence-corrected chi connectivity index (χ1v) is 9.82. The number of rotatable bonds is 6. The zero-order valence-electron chi connectivity index (χ0n) is 16.5. The number of aryl methyl sites for hydroxylation is 1. The Morgan fingerprint density at radius 1 is 1.17 bits per heavy atom. The molecule has 0 saturated carbocycles. The van der Waals surface area contributed by atoms with Crippen LogP contribution in [0.1, 0.15) is 29.3 Å². The van der Waals surface area contributed by atoms with Crippen LogP contribution >= 0.6 is 15.9 Å². The van der Waals surface area contributed by atoms with Crippen molar-refractivity contribution in [1.29, 1.82) is 0 Å². The molecule has 0 fully saturated rings. The second-order valence-electron chi connectivity index (χ2n) is 6.60. The van der Waals surface area contributed by atoms with Crippen molar-refractivity contribution in [2.75, 3.05) is 24.4 Å². The number of nitrogens with zero attached hydrogens (tertiary/aromatic N) is 1. The van der Waals surface area contributed by atoms with E-state index in [2.05, 4.69) is 21.2 Å². The third kappa shape index (κ3) is 3.72. The van der Waals surface area contributed by atoms with E-state index in [-0.39, 0.29) is 0 Å². The van der Waals surface area contributed by atoms with Gasteiger partial charge in [0.25, 0.3) is 11.7 Å². The average Bonchev–Trinajstić information content (AvgIpc) is 2.94. The highest BCUT2D eigenvalue weighted by atomic mass is 79.9. The van der Waals surface area contributed by atoms with E-state index in [1.807, 2.05) is 6.07 Å². The summed E-state index contributed by atoms with van der Waals surface area (Å²) in [4.78, 5) is 39.7. The minimum Gasteiger partial charge on any atom is -0.497 e. The van der Waals surface area contributed by atoms with Gasteiger partial charge in [0.05, 0.1) is 31.2 Å². The standard InChI is InChI=1S/C21H21BrN2O5/c1-5-16(20(26)23-15-10-13(28-3)6-7-17(15)29-4)24-18-11(2)8-12(22)9-14(18)19(25)21(24)27/h6-10,16H,5H2,1-4H3,(H,23,26). The average molecular weight is 461 g/mol. The van der Waals surface area contributed by atoms with Crippen LogP contribution in [0.2, 0.25) is 0 Å². The lowest BCUT2D eigenvalue weighted by atomic mass is 10.1. The Hall–Kier alpha value is -2.87. The molecule has 0 bridgehead atoms. The van der Waals surface area contributed by atoms with Crippen LogP contribution in [0.4, 0.5) is 11.4 Å².